The average Bonchev–Trinajstić information content (AvgIpc) is 3.46. The van der Waals surface area contributed by atoms with Crippen LogP contribution in [0.4, 0.5) is 0 Å². The summed E-state index contributed by atoms with van der Waals surface area (Å²) in [5.41, 5.74) is 4.28. The molecule has 0 unspecified atom stereocenters. The number of allylic oxidation sites excluding steroid dienone is 1. The van der Waals surface area contributed by atoms with Crippen molar-refractivity contribution < 1.29 is 23.5 Å². The van der Waals surface area contributed by atoms with Crippen LogP contribution in [0.15, 0.2) is 53.2 Å². The Bertz CT molecular complexity index is 1210. The largest absolute Gasteiger partial charge is 0.497 e. The monoisotopic (exact) mass is 462 g/mol. The van der Waals surface area contributed by atoms with Gasteiger partial charge in [0.2, 0.25) is 11.8 Å². The fraction of sp³-hybridized carbons (Fsp3) is 0.333. The van der Waals surface area contributed by atoms with E-state index in [2.05, 4.69) is 5.32 Å². The Morgan fingerprint density at radius 2 is 1.97 bits per heavy atom. The molecule has 2 heterocycles. The summed E-state index contributed by atoms with van der Waals surface area (Å²) in [5.74, 6) is 1.46. The minimum atomic E-state index is -0.171. The van der Waals surface area contributed by atoms with Gasteiger partial charge in [-0.25, -0.2) is 0 Å². The molecule has 1 fully saturated rings. The van der Waals surface area contributed by atoms with Crippen molar-refractivity contribution in [2.24, 2.45) is 0 Å². The molecule has 0 saturated carbocycles. The van der Waals surface area contributed by atoms with Crippen molar-refractivity contribution in [1.82, 2.24) is 10.2 Å². The highest BCUT2D eigenvalue weighted by Gasteiger charge is 2.19. The number of hydrogen-bond donors (Lipinski definition) is 1. The molecule has 7 nitrogen and oxygen atoms in total. The molecular formula is C27H30N2O5. The maximum Gasteiger partial charge on any atom is 0.244 e. The number of benzene rings is 2. The first kappa shape index (κ1) is 23.4. The number of nitrogens with one attached hydrogen (secondary N) is 1. The Morgan fingerprint density at radius 1 is 1.18 bits per heavy atom. The normalized spacial score (nSPS) is 14.0. The van der Waals surface area contributed by atoms with Crippen molar-refractivity contribution in [1.29, 1.82) is 0 Å². The first-order valence-corrected chi connectivity index (χ1v) is 11.5. The third-order valence-corrected chi connectivity index (χ3v) is 6.14. The summed E-state index contributed by atoms with van der Waals surface area (Å²) in [6.07, 6.45) is 5.61. The van der Waals surface area contributed by atoms with Crippen LogP contribution in [0.25, 0.3) is 27.7 Å². The zero-order valence-electron chi connectivity index (χ0n) is 19.8. The van der Waals surface area contributed by atoms with Crippen LogP contribution in [0.2, 0.25) is 0 Å². The smallest absolute Gasteiger partial charge is 0.244 e. The van der Waals surface area contributed by atoms with Gasteiger partial charge in [0.15, 0.2) is 0 Å². The van der Waals surface area contributed by atoms with Crippen molar-refractivity contribution >= 4 is 28.4 Å². The van der Waals surface area contributed by atoms with Crippen LogP contribution in [0.1, 0.15) is 31.7 Å². The highest BCUT2D eigenvalue weighted by atomic mass is 16.5. The lowest BCUT2D eigenvalue weighted by Gasteiger charge is -2.15. The van der Waals surface area contributed by atoms with Crippen LogP contribution in [0, 0.1) is 0 Å². The molecular weight excluding hydrogens is 432 g/mol. The Balaban J connectivity index is 1.50. The molecule has 0 spiro atoms. The third-order valence-electron chi connectivity index (χ3n) is 6.14. The number of carbonyl (C=O) groups is 2. The summed E-state index contributed by atoms with van der Waals surface area (Å²) >= 11 is 0. The predicted octanol–water partition coefficient (Wildman–Crippen LogP) is 4.65. The van der Waals surface area contributed by atoms with Gasteiger partial charge < -0.3 is 24.1 Å². The van der Waals surface area contributed by atoms with Crippen molar-refractivity contribution in [3.8, 4) is 22.6 Å². The van der Waals surface area contributed by atoms with Gasteiger partial charge in [-0.2, -0.15) is 0 Å². The molecule has 1 N–H and O–H groups in total. The van der Waals surface area contributed by atoms with Gasteiger partial charge in [-0.1, -0.05) is 12.1 Å². The summed E-state index contributed by atoms with van der Waals surface area (Å²) < 4.78 is 16.6. The van der Waals surface area contributed by atoms with Crippen molar-refractivity contribution in [3.05, 3.63) is 54.3 Å². The highest BCUT2D eigenvalue weighted by Crippen LogP contribution is 2.37. The number of nitrogens with zero attached hydrogens (tertiary/aromatic N) is 1. The van der Waals surface area contributed by atoms with E-state index in [1.807, 2.05) is 48.2 Å². The molecule has 34 heavy (non-hydrogen) atoms. The van der Waals surface area contributed by atoms with Crippen LogP contribution in [-0.4, -0.2) is 50.6 Å². The van der Waals surface area contributed by atoms with E-state index < -0.39 is 0 Å². The quantitative estimate of drug-likeness (QED) is 0.370. The first-order valence-electron chi connectivity index (χ1n) is 11.5. The van der Waals surface area contributed by atoms with E-state index in [9.17, 15) is 9.59 Å². The van der Waals surface area contributed by atoms with E-state index in [1.165, 1.54) is 0 Å². The minimum Gasteiger partial charge on any atom is -0.497 e. The topological polar surface area (TPSA) is 81.0 Å². The molecule has 0 bridgehead atoms. The zero-order valence-corrected chi connectivity index (χ0v) is 19.8. The molecule has 0 atom stereocenters. The average molecular weight is 463 g/mol. The molecule has 1 aliphatic heterocycles. The fourth-order valence-corrected chi connectivity index (χ4v) is 4.27. The number of methoxy groups -OCH3 is 2. The number of hydrogen-bond acceptors (Lipinski definition) is 5. The van der Waals surface area contributed by atoms with E-state index in [4.69, 9.17) is 13.9 Å². The van der Waals surface area contributed by atoms with E-state index in [0.717, 1.165) is 52.8 Å². The van der Waals surface area contributed by atoms with E-state index in [-0.39, 0.29) is 11.8 Å². The number of furan rings is 1. The lowest BCUT2D eigenvalue weighted by molar-refractivity contribution is -0.127. The number of fused-ring (bicyclic) bond motifs is 1. The molecule has 3 aromatic rings. The number of amides is 2. The molecule has 0 aliphatic carbocycles. The summed E-state index contributed by atoms with van der Waals surface area (Å²) in [5, 5.41) is 3.85. The van der Waals surface area contributed by atoms with Crippen molar-refractivity contribution in [2.75, 3.05) is 33.9 Å². The van der Waals surface area contributed by atoms with Crippen LogP contribution in [-0.2, 0) is 9.59 Å². The van der Waals surface area contributed by atoms with Gasteiger partial charge in [-0.05, 0) is 49.1 Å². The maximum absolute atomic E-state index is 12.5. The Labute approximate surface area is 199 Å². The molecule has 7 heteroatoms. The fourth-order valence-electron chi connectivity index (χ4n) is 4.27. The maximum atomic E-state index is 12.5. The Morgan fingerprint density at radius 3 is 2.65 bits per heavy atom. The lowest BCUT2D eigenvalue weighted by atomic mass is 9.99. The summed E-state index contributed by atoms with van der Waals surface area (Å²) in [4.78, 5) is 26.1. The Kier molecular flexibility index (Phi) is 7.21. The first-order chi connectivity index (χ1) is 16.5. The van der Waals surface area contributed by atoms with Gasteiger partial charge in [0, 0.05) is 54.7 Å². The molecule has 1 saturated heterocycles. The number of ether oxygens (including phenoxy) is 2. The lowest BCUT2D eigenvalue weighted by Crippen LogP contribution is -2.30. The summed E-state index contributed by atoms with van der Waals surface area (Å²) in [7, 11) is 3.24. The Hall–Kier alpha value is -3.74. The van der Waals surface area contributed by atoms with Gasteiger partial charge in [0.1, 0.15) is 17.1 Å². The number of carbonyl (C=O) groups excluding carboxylic acids is 2. The van der Waals surface area contributed by atoms with E-state index in [0.29, 0.717) is 30.8 Å². The summed E-state index contributed by atoms with van der Waals surface area (Å²) in [6.45, 7) is 3.91. The van der Waals surface area contributed by atoms with Gasteiger partial charge in [-0.3, -0.25) is 9.59 Å². The third kappa shape index (κ3) is 5.09. The molecule has 2 aromatic carbocycles. The highest BCUT2D eigenvalue weighted by molar-refractivity contribution is 6.00. The minimum absolute atomic E-state index is 0.171. The van der Waals surface area contributed by atoms with Gasteiger partial charge in [0.05, 0.1) is 20.5 Å². The molecule has 178 valence electrons. The van der Waals surface area contributed by atoms with Crippen LogP contribution in [0.5, 0.6) is 11.5 Å². The van der Waals surface area contributed by atoms with E-state index >= 15 is 0 Å². The summed E-state index contributed by atoms with van der Waals surface area (Å²) in [6, 6.07) is 11.6. The number of likely N-dealkylation sites (tertiary alicyclic amines) is 1. The van der Waals surface area contributed by atoms with Crippen molar-refractivity contribution in [3.63, 3.8) is 0 Å². The zero-order chi connectivity index (χ0) is 24.1. The molecule has 2 amide bonds. The van der Waals surface area contributed by atoms with Crippen LogP contribution in [0.3, 0.4) is 0 Å². The second kappa shape index (κ2) is 10.5. The second-order valence-electron chi connectivity index (χ2n) is 8.38. The second-order valence-corrected chi connectivity index (χ2v) is 8.38. The van der Waals surface area contributed by atoms with Gasteiger partial charge in [0.25, 0.3) is 0 Å². The molecule has 4 rings (SSSR count). The van der Waals surface area contributed by atoms with Gasteiger partial charge >= 0.3 is 0 Å². The van der Waals surface area contributed by atoms with Crippen LogP contribution >= 0.6 is 0 Å². The van der Waals surface area contributed by atoms with Crippen molar-refractivity contribution in [2.45, 2.75) is 26.2 Å². The number of rotatable bonds is 9. The molecule has 0 radical (unpaired) electrons. The van der Waals surface area contributed by atoms with E-state index in [1.54, 1.807) is 26.6 Å². The molecule has 1 aliphatic rings. The van der Waals surface area contributed by atoms with Gasteiger partial charge in [-0.15, -0.1) is 0 Å². The predicted molar refractivity (Wildman–Crippen MR) is 132 cm³/mol. The SMILES string of the molecule is COc1ccc(-c2coc3cc(OC)c(/C(C)=C/C(=O)NCCCN4CCCC4=O)cc23)cc1. The molecule has 1 aromatic heterocycles. The van der Waals surface area contributed by atoms with Crippen LogP contribution < -0.4 is 14.8 Å². The standard InChI is InChI=1S/C27H30N2O5/c1-18(14-26(30)28-11-5-13-29-12-4-6-27(29)31)21-15-22-23(17-34-25(22)16-24(21)33-3)19-7-9-20(32-2)10-8-19/h7-10,14-17H,4-6,11-13H2,1-3H3,(H,28,30)/b18-14+.